The minimum Gasteiger partial charge on any atom is -0.206 e. The number of hydrogen-bond acceptors (Lipinski definition) is 4. The Kier molecular flexibility index (Phi) is 5.93. The smallest absolute Gasteiger partial charge is 0.206 e. The first-order chi connectivity index (χ1) is 8.92. The number of rotatable bonds is 4. The summed E-state index contributed by atoms with van der Waals surface area (Å²) in [5.74, 6) is 0. The molecule has 101 valence electrons. The van der Waals surface area contributed by atoms with Crippen molar-refractivity contribution < 1.29 is 16.8 Å². The summed E-state index contributed by atoms with van der Waals surface area (Å²) in [4.78, 5) is -0.205. The molecule has 0 amide bonds. The fourth-order valence-electron chi connectivity index (χ4n) is 1.44. The maximum atomic E-state index is 11.9. The minimum atomic E-state index is -4.10. The van der Waals surface area contributed by atoms with Crippen LogP contribution in [0.4, 0.5) is 0 Å². The zero-order chi connectivity index (χ0) is 13.9. The summed E-state index contributed by atoms with van der Waals surface area (Å²) in [6.45, 7) is 0. The quantitative estimate of drug-likeness (QED) is 0.851. The molecule has 0 aliphatic carbocycles. The summed E-state index contributed by atoms with van der Waals surface area (Å²) in [7, 11) is -8.21. The van der Waals surface area contributed by atoms with Crippen LogP contribution in [-0.4, -0.2) is 46.4 Å². The van der Waals surface area contributed by atoms with Crippen molar-refractivity contribution in [2.45, 2.75) is 9.79 Å². The zero-order valence-electron chi connectivity index (χ0n) is 10.7. The molecule has 0 saturated heterocycles. The van der Waals surface area contributed by atoms with E-state index in [1.54, 1.807) is 16.3 Å². The molecular formula is C12H11NNaO4S2. The Morgan fingerprint density at radius 1 is 0.600 bits per heavy atom. The molecule has 2 aromatic carbocycles. The van der Waals surface area contributed by atoms with Crippen molar-refractivity contribution in [3.8, 4) is 0 Å². The summed E-state index contributed by atoms with van der Waals surface area (Å²) >= 11 is 0. The van der Waals surface area contributed by atoms with E-state index in [1.807, 2.05) is 0 Å². The van der Waals surface area contributed by atoms with Crippen molar-refractivity contribution in [2.24, 2.45) is 0 Å². The Morgan fingerprint density at radius 2 is 0.900 bits per heavy atom. The average molecular weight is 320 g/mol. The van der Waals surface area contributed by atoms with E-state index in [0.29, 0.717) is 0 Å². The van der Waals surface area contributed by atoms with Crippen LogP contribution in [0.2, 0.25) is 0 Å². The predicted molar refractivity (Wildman–Crippen MR) is 76.1 cm³/mol. The third kappa shape index (κ3) is 4.15. The van der Waals surface area contributed by atoms with Crippen molar-refractivity contribution in [1.29, 1.82) is 0 Å². The van der Waals surface area contributed by atoms with Gasteiger partial charge in [-0.1, -0.05) is 36.4 Å². The van der Waals surface area contributed by atoms with E-state index < -0.39 is 20.0 Å². The molecule has 0 aliphatic heterocycles. The molecule has 0 aliphatic rings. The van der Waals surface area contributed by atoms with Crippen LogP contribution in [0, 0.1) is 0 Å². The van der Waals surface area contributed by atoms with Crippen molar-refractivity contribution in [3.05, 3.63) is 60.7 Å². The molecule has 0 bridgehead atoms. The van der Waals surface area contributed by atoms with Crippen LogP contribution in [0.1, 0.15) is 0 Å². The topological polar surface area (TPSA) is 80.3 Å². The van der Waals surface area contributed by atoms with Gasteiger partial charge in [0, 0.05) is 29.6 Å². The normalized spacial score (nSPS) is 11.6. The maximum absolute atomic E-state index is 11.9. The second-order valence-electron chi connectivity index (χ2n) is 3.72. The largest absolute Gasteiger partial charge is 0.253 e. The third-order valence-electron chi connectivity index (χ3n) is 2.33. The van der Waals surface area contributed by atoms with E-state index in [1.165, 1.54) is 48.5 Å². The van der Waals surface area contributed by atoms with E-state index in [2.05, 4.69) is 0 Å². The van der Waals surface area contributed by atoms with Crippen LogP contribution in [0.3, 0.4) is 0 Å². The maximum Gasteiger partial charge on any atom is 0.253 e. The Hall–Kier alpha value is -0.700. The predicted octanol–water partition coefficient (Wildman–Crippen LogP) is 0.973. The number of sulfonamides is 2. The van der Waals surface area contributed by atoms with Gasteiger partial charge in [-0.15, -0.1) is 4.13 Å². The first-order valence-electron chi connectivity index (χ1n) is 5.30. The van der Waals surface area contributed by atoms with Gasteiger partial charge >= 0.3 is 0 Å². The molecule has 1 N–H and O–H groups in total. The molecule has 8 heteroatoms. The molecular weight excluding hydrogens is 309 g/mol. The zero-order valence-corrected chi connectivity index (χ0v) is 14.4. The van der Waals surface area contributed by atoms with Gasteiger partial charge in [-0.25, -0.2) is 16.8 Å². The van der Waals surface area contributed by atoms with E-state index in [4.69, 9.17) is 0 Å². The molecule has 0 heterocycles. The Morgan fingerprint density at radius 3 is 1.20 bits per heavy atom. The van der Waals surface area contributed by atoms with E-state index >= 15 is 0 Å². The summed E-state index contributed by atoms with van der Waals surface area (Å²) in [5.41, 5.74) is 0. The van der Waals surface area contributed by atoms with Gasteiger partial charge in [0.15, 0.2) is 0 Å². The summed E-state index contributed by atoms with van der Waals surface area (Å²) in [6, 6.07) is 14.6. The molecule has 5 nitrogen and oxygen atoms in total. The number of hydrogen-bond donors (Lipinski definition) is 1. The van der Waals surface area contributed by atoms with Gasteiger partial charge in [0.2, 0.25) is 0 Å². The second-order valence-corrected chi connectivity index (χ2v) is 7.34. The van der Waals surface area contributed by atoms with Crippen molar-refractivity contribution in [3.63, 3.8) is 0 Å². The Balaban J connectivity index is 0.00000200. The second kappa shape index (κ2) is 6.84. The van der Waals surface area contributed by atoms with Gasteiger partial charge in [0.05, 0.1) is 9.79 Å². The molecule has 0 unspecified atom stereocenters. The summed E-state index contributed by atoms with van der Waals surface area (Å²) < 4.78 is 49.4. The molecule has 20 heavy (non-hydrogen) atoms. The molecule has 0 fully saturated rings. The molecule has 0 aromatic heterocycles. The van der Waals surface area contributed by atoms with Crippen molar-refractivity contribution >= 4 is 49.6 Å². The monoisotopic (exact) mass is 320 g/mol. The van der Waals surface area contributed by atoms with Crippen LogP contribution in [-0.2, 0) is 20.0 Å². The van der Waals surface area contributed by atoms with Crippen molar-refractivity contribution in [1.82, 2.24) is 4.13 Å². The first-order valence-corrected chi connectivity index (χ1v) is 8.27. The Bertz CT molecular complexity index is 692. The SMILES string of the molecule is O=S(=O)(NS(=O)(=O)c1ccccc1)c1ccccc1.[Na]. The van der Waals surface area contributed by atoms with Gasteiger partial charge in [-0.2, -0.15) is 0 Å². The van der Waals surface area contributed by atoms with Crippen LogP contribution < -0.4 is 4.13 Å². The summed E-state index contributed by atoms with van der Waals surface area (Å²) in [5, 5.41) is 0. The van der Waals surface area contributed by atoms with Crippen LogP contribution in [0.25, 0.3) is 0 Å². The van der Waals surface area contributed by atoms with E-state index in [-0.39, 0.29) is 39.3 Å². The molecule has 0 saturated carbocycles. The summed E-state index contributed by atoms with van der Waals surface area (Å²) in [6.07, 6.45) is 0. The fraction of sp³-hybridized carbons (Fsp3) is 0. The van der Waals surface area contributed by atoms with Gasteiger partial charge < -0.3 is 0 Å². The van der Waals surface area contributed by atoms with Gasteiger partial charge in [-0.05, 0) is 24.3 Å². The molecule has 1 radical (unpaired) electrons. The van der Waals surface area contributed by atoms with Crippen molar-refractivity contribution in [2.75, 3.05) is 0 Å². The fourth-order valence-corrected chi connectivity index (χ4v) is 4.40. The van der Waals surface area contributed by atoms with E-state index in [9.17, 15) is 16.8 Å². The van der Waals surface area contributed by atoms with Crippen LogP contribution in [0.15, 0.2) is 70.5 Å². The first kappa shape index (κ1) is 17.4. The third-order valence-corrected chi connectivity index (χ3v) is 5.87. The molecule has 0 spiro atoms. The van der Waals surface area contributed by atoms with E-state index in [0.717, 1.165) is 0 Å². The number of nitrogens with one attached hydrogen (secondary N) is 1. The standard InChI is InChI=1S/C12H11NO4S2.Na/c14-18(15,11-7-3-1-4-8-11)13-19(16,17)12-9-5-2-6-10-12;/h1-10,13H;. The Labute approximate surface area is 140 Å². The van der Waals surface area contributed by atoms with Crippen LogP contribution in [0.5, 0.6) is 0 Å². The average Bonchev–Trinajstić information content (AvgIpc) is 2.40. The van der Waals surface area contributed by atoms with Gasteiger partial charge in [-0.3, -0.25) is 0 Å². The molecule has 2 aromatic rings. The molecule has 2 rings (SSSR count). The minimum absolute atomic E-state index is 0. The number of benzene rings is 2. The van der Waals surface area contributed by atoms with Crippen LogP contribution >= 0.6 is 0 Å². The van der Waals surface area contributed by atoms with Gasteiger partial charge in [0.25, 0.3) is 20.0 Å². The molecule has 0 atom stereocenters. The van der Waals surface area contributed by atoms with Gasteiger partial charge in [0.1, 0.15) is 0 Å².